The van der Waals surface area contributed by atoms with Crippen LogP contribution in [0.5, 0.6) is 0 Å². The van der Waals surface area contributed by atoms with Crippen molar-refractivity contribution in [3.63, 3.8) is 0 Å². The predicted molar refractivity (Wildman–Crippen MR) is 63.5 cm³/mol. The number of aliphatic hydroxyl groups is 1. The molecule has 88 valence electrons. The van der Waals surface area contributed by atoms with Gasteiger partial charge in [0.1, 0.15) is 0 Å². The molecule has 1 saturated carbocycles. The highest BCUT2D eigenvalue weighted by molar-refractivity contribution is 9.10. The lowest BCUT2D eigenvalue weighted by Gasteiger charge is -2.32. The smallest absolute Gasteiger partial charge is 0.238 e. The fourth-order valence-corrected chi connectivity index (χ4v) is 3.30. The lowest BCUT2D eigenvalue weighted by molar-refractivity contribution is 0.0737. The van der Waals surface area contributed by atoms with Crippen LogP contribution in [0.3, 0.4) is 0 Å². The molecule has 0 unspecified atom stereocenters. The topological polar surface area (TPSA) is 80.4 Å². The van der Waals surface area contributed by atoms with Gasteiger partial charge in [0.2, 0.25) is 10.0 Å². The number of benzene rings is 1. The van der Waals surface area contributed by atoms with Crippen LogP contribution in [0.4, 0.5) is 0 Å². The van der Waals surface area contributed by atoms with Crippen molar-refractivity contribution in [1.29, 1.82) is 0 Å². The van der Waals surface area contributed by atoms with Gasteiger partial charge in [0.15, 0.2) is 0 Å². The lowest BCUT2D eigenvalue weighted by atomic mass is 9.78. The summed E-state index contributed by atoms with van der Waals surface area (Å²) in [5.41, 5.74) is 0.705. The molecule has 6 heteroatoms. The summed E-state index contributed by atoms with van der Waals surface area (Å²) in [6.45, 7) is 0. The van der Waals surface area contributed by atoms with E-state index in [1.165, 1.54) is 6.07 Å². The molecule has 1 aliphatic rings. The third-order valence-corrected chi connectivity index (χ3v) is 4.30. The van der Waals surface area contributed by atoms with E-state index in [0.717, 1.165) is 0 Å². The van der Waals surface area contributed by atoms with E-state index in [9.17, 15) is 13.5 Å². The molecule has 2 rings (SSSR count). The van der Waals surface area contributed by atoms with Crippen LogP contribution in [0.1, 0.15) is 24.3 Å². The maximum Gasteiger partial charge on any atom is 0.238 e. The zero-order chi connectivity index (χ0) is 11.9. The second kappa shape index (κ2) is 4.10. The van der Waals surface area contributed by atoms with Gasteiger partial charge >= 0.3 is 0 Å². The number of sulfonamides is 1. The molecular formula is C10H12BrNO3S. The second-order valence-electron chi connectivity index (χ2n) is 4.05. The van der Waals surface area contributed by atoms with E-state index < -0.39 is 10.0 Å². The monoisotopic (exact) mass is 305 g/mol. The number of primary sulfonamides is 1. The van der Waals surface area contributed by atoms with Gasteiger partial charge in [-0.1, -0.05) is 22.0 Å². The Hall–Kier alpha value is -0.430. The van der Waals surface area contributed by atoms with Gasteiger partial charge in [0.25, 0.3) is 0 Å². The van der Waals surface area contributed by atoms with Crippen LogP contribution in [0.25, 0.3) is 0 Å². The minimum Gasteiger partial charge on any atom is -0.393 e. The number of rotatable bonds is 2. The Kier molecular flexibility index (Phi) is 3.09. The molecule has 0 heterocycles. The highest BCUT2D eigenvalue weighted by atomic mass is 79.9. The van der Waals surface area contributed by atoms with Crippen molar-refractivity contribution < 1.29 is 13.5 Å². The Labute approximate surface area is 103 Å². The Bertz CT molecular complexity index is 509. The molecule has 0 amide bonds. The molecule has 0 atom stereocenters. The number of hydrogen-bond donors (Lipinski definition) is 2. The molecule has 1 aliphatic carbocycles. The van der Waals surface area contributed by atoms with Gasteiger partial charge in [0.05, 0.1) is 11.0 Å². The SMILES string of the molecule is NS(=O)(=O)c1cc(Br)ccc1C1CC(O)C1. The Morgan fingerprint density at radius 1 is 1.38 bits per heavy atom. The third kappa shape index (κ3) is 2.29. The first kappa shape index (κ1) is 12.0. The Morgan fingerprint density at radius 2 is 2.00 bits per heavy atom. The Balaban J connectivity index is 2.45. The summed E-state index contributed by atoms with van der Waals surface area (Å²) in [4.78, 5) is 0.152. The van der Waals surface area contributed by atoms with Crippen molar-refractivity contribution in [2.45, 2.75) is 29.8 Å². The minimum atomic E-state index is -3.71. The van der Waals surface area contributed by atoms with Crippen molar-refractivity contribution in [2.75, 3.05) is 0 Å². The highest BCUT2D eigenvalue weighted by Gasteiger charge is 2.32. The van der Waals surface area contributed by atoms with Crippen molar-refractivity contribution in [1.82, 2.24) is 0 Å². The van der Waals surface area contributed by atoms with Gasteiger partial charge < -0.3 is 5.11 Å². The van der Waals surface area contributed by atoms with Crippen LogP contribution >= 0.6 is 15.9 Å². The predicted octanol–water partition coefficient (Wildman–Crippen LogP) is 1.33. The van der Waals surface area contributed by atoms with Crippen LogP contribution in [-0.2, 0) is 10.0 Å². The number of hydrogen-bond acceptors (Lipinski definition) is 3. The molecule has 0 aliphatic heterocycles. The van der Waals surface area contributed by atoms with E-state index >= 15 is 0 Å². The Morgan fingerprint density at radius 3 is 2.50 bits per heavy atom. The van der Waals surface area contributed by atoms with E-state index in [2.05, 4.69) is 15.9 Å². The first-order chi connectivity index (χ1) is 7.38. The van der Waals surface area contributed by atoms with Gasteiger partial charge in [-0.3, -0.25) is 0 Å². The maximum absolute atomic E-state index is 11.4. The largest absolute Gasteiger partial charge is 0.393 e. The summed E-state index contributed by atoms with van der Waals surface area (Å²) in [7, 11) is -3.71. The molecule has 3 N–H and O–H groups in total. The normalized spacial score (nSPS) is 25.2. The van der Waals surface area contributed by atoms with Crippen molar-refractivity contribution in [3.05, 3.63) is 28.2 Å². The molecular weight excluding hydrogens is 294 g/mol. The molecule has 0 bridgehead atoms. The summed E-state index contributed by atoms with van der Waals surface area (Å²) < 4.78 is 23.5. The van der Waals surface area contributed by atoms with Crippen molar-refractivity contribution >= 4 is 26.0 Å². The molecule has 1 fully saturated rings. The van der Waals surface area contributed by atoms with Crippen molar-refractivity contribution in [2.24, 2.45) is 5.14 Å². The highest BCUT2D eigenvalue weighted by Crippen LogP contribution is 2.40. The van der Waals surface area contributed by atoms with Crippen LogP contribution in [0.2, 0.25) is 0 Å². The molecule has 0 aromatic heterocycles. The molecule has 0 spiro atoms. The third-order valence-electron chi connectivity index (χ3n) is 2.84. The van der Waals surface area contributed by atoms with E-state index in [0.29, 0.717) is 22.9 Å². The molecule has 1 aromatic rings. The summed E-state index contributed by atoms with van der Waals surface area (Å²) in [6.07, 6.45) is 0.885. The van der Waals surface area contributed by atoms with E-state index in [1.807, 2.05) is 0 Å². The van der Waals surface area contributed by atoms with Crippen molar-refractivity contribution in [3.8, 4) is 0 Å². The van der Waals surface area contributed by atoms with Gasteiger partial charge in [-0.05, 0) is 36.5 Å². The van der Waals surface area contributed by atoms with E-state index in [1.54, 1.807) is 12.1 Å². The van der Waals surface area contributed by atoms with Crippen LogP contribution < -0.4 is 5.14 Å². The molecule has 16 heavy (non-hydrogen) atoms. The second-order valence-corrected chi connectivity index (χ2v) is 6.49. The first-order valence-corrected chi connectivity index (χ1v) is 7.22. The standard InChI is InChI=1S/C10H12BrNO3S/c11-7-1-2-9(6-3-8(13)4-6)10(5-7)16(12,14)15/h1-2,5-6,8,13H,3-4H2,(H2,12,14,15). The quantitative estimate of drug-likeness (QED) is 0.865. The van der Waals surface area contributed by atoms with E-state index in [-0.39, 0.29) is 16.9 Å². The molecule has 0 radical (unpaired) electrons. The summed E-state index contributed by atoms with van der Waals surface area (Å²) in [6, 6.07) is 5.05. The number of halogens is 1. The minimum absolute atomic E-state index is 0.0939. The summed E-state index contributed by atoms with van der Waals surface area (Å²) in [5, 5.41) is 14.4. The van der Waals surface area contributed by atoms with Crippen LogP contribution in [-0.4, -0.2) is 19.6 Å². The summed E-state index contributed by atoms with van der Waals surface area (Å²) >= 11 is 3.22. The molecule has 1 aromatic carbocycles. The average Bonchev–Trinajstić information content (AvgIpc) is 2.12. The zero-order valence-electron chi connectivity index (χ0n) is 8.43. The maximum atomic E-state index is 11.4. The van der Waals surface area contributed by atoms with Gasteiger partial charge in [0, 0.05) is 4.47 Å². The number of nitrogens with two attached hydrogens (primary N) is 1. The van der Waals surface area contributed by atoms with Gasteiger partial charge in [-0.2, -0.15) is 0 Å². The fourth-order valence-electron chi connectivity index (χ4n) is 1.93. The fraction of sp³-hybridized carbons (Fsp3) is 0.400. The van der Waals surface area contributed by atoms with Crippen LogP contribution in [0.15, 0.2) is 27.6 Å². The van der Waals surface area contributed by atoms with Gasteiger partial charge in [-0.15, -0.1) is 0 Å². The summed E-state index contributed by atoms with van der Waals surface area (Å²) in [5.74, 6) is 0.0939. The average molecular weight is 306 g/mol. The molecule has 0 saturated heterocycles. The van der Waals surface area contributed by atoms with Gasteiger partial charge in [-0.25, -0.2) is 13.6 Å². The van der Waals surface area contributed by atoms with E-state index in [4.69, 9.17) is 5.14 Å². The van der Waals surface area contributed by atoms with Crippen LogP contribution in [0, 0.1) is 0 Å². The lowest BCUT2D eigenvalue weighted by Crippen LogP contribution is -2.28. The number of aliphatic hydroxyl groups excluding tert-OH is 1. The zero-order valence-corrected chi connectivity index (χ0v) is 10.8. The first-order valence-electron chi connectivity index (χ1n) is 4.88. The molecule has 4 nitrogen and oxygen atoms in total.